The van der Waals surface area contributed by atoms with E-state index in [0.29, 0.717) is 17.1 Å². The summed E-state index contributed by atoms with van der Waals surface area (Å²) < 4.78 is 5.34. The van der Waals surface area contributed by atoms with Crippen molar-refractivity contribution in [3.63, 3.8) is 0 Å². The number of ether oxygens (including phenoxy) is 1. The smallest absolute Gasteiger partial charge is 0.258 e. The van der Waals surface area contributed by atoms with Gasteiger partial charge in [0.25, 0.3) is 5.91 Å². The van der Waals surface area contributed by atoms with E-state index in [1.54, 1.807) is 55.5 Å². The van der Waals surface area contributed by atoms with Crippen molar-refractivity contribution in [1.82, 2.24) is 10.2 Å². The number of hydrogen-bond acceptors (Lipinski definition) is 5. The van der Waals surface area contributed by atoms with Crippen LogP contribution in [0.3, 0.4) is 0 Å². The lowest BCUT2D eigenvalue weighted by molar-refractivity contribution is -0.135. The minimum atomic E-state index is -0.443. The van der Waals surface area contributed by atoms with Gasteiger partial charge in [0.1, 0.15) is 5.75 Å². The maximum atomic E-state index is 13.0. The lowest BCUT2D eigenvalue weighted by Crippen LogP contribution is -2.47. The summed E-state index contributed by atoms with van der Waals surface area (Å²) in [7, 11) is 1.49. The summed E-state index contributed by atoms with van der Waals surface area (Å²) in [6.07, 6.45) is 0.148. The van der Waals surface area contributed by atoms with Crippen molar-refractivity contribution in [2.75, 3.05) is 37.0 Å². The van der Waals surface area contributed by atoms with Gasteiger partial charge in [-0.1, -0.05) is 30.3 Å². The third kappa shape index (κ3) is 5.84. The summed E-state index contributed by atoms with van der Waals surface area (Å²) in [6.45, 7) is 1.12. The standard InChI is InChI=1S/C23H26N4O5/c1-16-12-20(28)25-18-10-6-7-11-19(18)27(16)23(31)14-26(2)22(30)13-24-21(29)15-32-17-8-4-3-5-9-17/h3-11,16H,12-15H2,1-2H3,(H,24,29)(H,25,28)/t16-/m0/s1. The van der Waals surface area contributed by atoms with Gasteiger partial charge in [-0.05, 0) is 31.2 Å². The largest absolute Gasteiger partial charge is 0.484 e. The molecule has 2 aromatic carbocycles. The molecule has 0 unspecified atom stereocenters. The molecule has 1 aliphatic heterocycles. The Morgan fingerprint density at radius 3 is 2.56 bits per heavy atom. The number of likely N-dealkylation sites (N-methyl/N-ethyl adjacent to an activating group) is 1. The molecule has 32 heavy (non-hydrogen) atoms. The number of amides is 4. The van der Waals surface area contributed by atoms with E-state index in [9.17, 15) is 19.2 Å². The second-order valence-corrected chi connectivity index (χ2v) is 7.51. The molecule has 9 nitrogen and oxygen atoms in total. The van der Waals surface area contributed by atoms with Gasteiger partial charge < -0.3 is 25.2 Å². The Bertz CT molecular complexity index is 995. The molecule has 0 spiro atoms. The van der Waals surface area contributed by atoms with Gasteiger partial charge in [0.2, 0.25) is 17.7 Å². The van der Waals surface area contributed by atoms with Gasteiger partial charge >= 0.3 is 0 Å². The normalized spacial score (nSPS) is 15.1. The van der Waals surface area contributed by atoms with E-state index in [1.807, 2.05) is 6.07 Å². The first kappa shape index (κ1) is 22.8. The first-order valence-electron chi connectivity index (χ1n) is 10.2. The van der Waals surface area contributed by atoms with Crippen LogP contribution in [0.1, 0.15) is 13.3 Å². The van der Waals surface area contributed by atoms with Crippen LogP contribution >= 0.6 is 0 Å². The summed E-state index contributed by atoms with van der Waals surface area (Å²) in [5.41, 5.74) is 1.14. The Morgan fingerprint density at radius 2 is 1.81 bits per heavy atom. The molecule has 0 bridgehead atoms. The molecule has 0 aliphatic carbocycles. The minimum absolute atomic E-state index is 0.148. The average molecular weight is 438 g/mol. The van der Waals surface area contributed by atoms with Gasteiger partial charge in [0.15, 0.2) is 6.61 Å². The van der Waals surface area contributed by atoms with E-state index < -0.39 is 11.8 Å². The van der Waals surface area contributed by atoms with Gasteiger partial charge in [0, 0.05) is 19.5 Å². The van der Waals surface area contributed by atoms with E-state index in [0.717, 1.165) is 0 Å². The molecule has 0 aromatic heterocycles. The van der Waals surface area contributed by atoms with Gasteiger partial charge in [0.05, 0.1) is 24.5 Å². The number of carbonyl (C=O) groups is 4. The van der Waals surface area contributed by atoms with E-state index in [-0.39, 0.29) is 44.0 Å². The molecule has 0 saturated heterocycles. The highest BCUT2D eigenvalue weighted by molar-refractivity contribution is 6.05. The van der Waals surface area contributed by atoms with Crippen molar-refractivity contribution in [3.05, 3.63) is 54.6 Å². The topological polar surface area (TPSA) is 108 Å². The van der Waals surface area contributed by atoms with Crippen LogP contribution in [0.4, 0.5) is 11.4 Å². The Labute approximate surface area is 186 Å². The molecule has 1 aliphatic rings. The molecule has 4 amide bonds. The molecule has 168 valence electrons. The number of nitrogens with zero attached hydrogens (tertiary/aromatic N) is 2. The predicted molar refractivity (Wildman–Crippen MR) is 119 cm³/mol. The Morgan fingerprint density at radius 1 is 1.12 bits per heavy atom. The van der Waals surface area contributed by atoms with E-state index >= 15 is 0 Å². The van der Waals surface area contributed by atoms with Crippen molar-refractivity contribution < 1.29 is 23.9 Å². The van der Waals surface area contributed by atoms with Crippen LogP contribution in [0.5, 0.6) is 5.75 Å². The third-order valence-corrected chi connectivity index (χ3v) is 4.98. The van der Waals surface area contributed by atoms with Crippen LogP contribution in [-0.4, -0.2) is 61.3 Å². The van der Waals surface area contributed by atoms with Gasteiger partial charge in [-0.3, -0.25) is 19.2 Å². The zero-order chi connectivity index (χ0) is 23.1. The second kappa shape index (κ2) is 10.4. The minimum Gasteiger partial charge on any atom is -0.484 e. The molecule has 3 rings (SSSR count). The van der Waals surface area contributed by atoms with Crippen LogP contribution in [0.15, 0.2) is 54.6 Å². The molecule has 1 atom stereocenters. The quantitative estimate of drug-likeness (QED) is 0.680. The number of nitrogens with one attached hydrogen (secondary N) is 2. The van der Waals surface area contributed by atoms with E-state index in [4.69, 9.17) is 4.74 Å². The molecule has 0 saturated carbocycles. The monoisotopic (exact) mass is 438 g/mol. The third-order valence-electron chi connectivity index (χ3n) is 4.98. The average Bonchev–Trinajstić information content (AvgIpc) is 2.90. The maximum Gasteiger partial charge on any atom is 0.258 e. The second-order valence-electron chi connectivity index (χ2n) is 7.51. The SMILES string of the molecule is C[C@H]1CC(=O)Nc2ccccc2N1C(=O)CN(C)C(=O)CNC(=O)COc1ccccc1. The molecule has 1 heterocycles. The maximum absolute atomic E-state index is 13.0. The van der Waals surface area contributed by atoms with Gasteiger partial charge in [-0.2, -0.15) is 0 Å². The van der Waals surface area contributed by atoms with Crippen molar-refractivity contribution >= 4 is 35.0 Å². The summed E-state index contributed by atoms with van der Waals surface area (Å²) in [5, 5.41) is 5.29. The highest BCUT2D eigenvalue weighted by Crippen LogP contribution is 2.31. The first-order chi connectivity index (χ1) is 15.3. The Hall–Kier alpha value is -3.88. The molecule has 9 heteroatoms. The lowest BCUT2D eigenvalue weighted by Gasteiger charge is -2.29. The number of fused-ring (bicyclic) bond motifs is 1. The fourth-order valence-corrected chi connectivity index (χ4v) is 3.36. The molecular weight excluding hydrogens is 412 g/mol. The van der Waals surface area contributed by atoms with E-state index in [1.165, 1.54) is 16.8 Å². The fraction of sp³-hybridized carbons (Fsp3) is 0.304. The van der Waals surface area contributed by atoms with Crippen molar-refractivity contribution in [2.45, 2.75) is 19.4 Å². The number of anilines is 2. The van der Waals surface area contributed by atoms with Crippen LogP contribution < -0.4 is 20.3 Å². The highest BCUT2D eigenvalue weighted by atomic mass is 16.5. The summed E-state index contributed by atoms with van der Waals surface area (Å²) >= 11 is 0. The van der Waals surface area contributed by atoms with E-state index in [2.05, 4.69) is 10.6 Å². The molecular formula is C23H26N4O5. The van der Waals surface area contributed by atoms with Crippen LogP contribution in [-0.2, 0) is 19.2 Å². The Balaban J connectivity index is 1.53. The molecule has 2 aromatic rings. The fourth-order valence-electron chi connectivity index (χ4n) is 3.36. The molecule has 0 fully saturated rings. The number of para-hydroxylation sites is 3. The van der Waals surface area contributed by atoms with Crippen molar-refractivity contribution in [3.8, 4) is 5.75 Å². The number of hydrogen-bond donors (Lipinski definition) is 2. The van der Waals surface area contributed by atoms with Gasteiger partial charge in [-0.15, -0.1) is 0 Å². The van der Waals surface area contributed by atoms with Gasteiger partial charge in [-0.25, -0.2) is 0 Å². The summed E-state index contributed by atoms with van der Waals surface area (Å²) in [5.74, 6) is -0.810. The van der Waals surface area contributed by atoms with Crippen LogP contribution in [0.25, 0.3) is 0 Å². The lowest BCUT2D eigenvalue weighted by atomic mass is 10.1. The number of benzene rings is 2. The highest BCUT2D eigenvalue weighted by Gasteiger charge is 2.30. The summed E-state index contributed by atoms with van der Waals surface area (Å²) in [4.78, 5) is 52.3. The number of carbonyl (C=O) groups excluding carboxylic acids is 4. The van der Waals surface area contributed by atoms with Crippen LogP contribution in [0, 0.1) is 0 Å². The van der Waals surface area contributed by atoms with Crippen LogP contribution in [0.2, 0.25) is 0 Å². The molecule has 2 N–H and O–H groups in total. The number of rotatable bonds is 7. The zero-order valence-corrected chi connectivity index (χ0v) is 18.0. The first-order valence-corrected chi connectivity index (χ1v) is 10.2. The predicted octanol–water partition coefficient (Wildman–Crippen LogP) is 1.40. The summed E-state index contributed by atoms with van der Waals surface area (Å²) in [6, 6.07) is 15.5. The molecule has 0 radical (unpaired) electrons. The zero-order valence-electron chi connectivity index (χ0n) is 18.0. The van der Waals surface area contributed by atoms with Crippen molar-refractivity contribution in [1.29, 1.82) is 0 Å². The van der Waals surface area contributed by atoms with Crippen molar-refractivity contribution in [2.24, 2.45) is 0 Å². The Kier molecular flexibility index (Phi) is 7.43.